The molecule has 0 bridgehead atoms. The summed E-state index contributed by atoms with van der Waals surface area (Å²) in [6.07, 6.45) is 4.19. The molecular formula is C87H124N8O20. The van der Waals surface area contributed by atoms with E-state index >= 15 is 4.79 Å². The van der Waals surface area contributed by atoms with Gasteiger partial charge >= 0.3 is 36.2 Å². The Morgan fingerprint density at radius 3 is 0.704 bits per heavy atom. The summed E-state index contributed by atoms with van der Waals surface area (Å²) in [6, 6.07) is 32.9. The third-order valence-corrected chi connectivity index (χ3v) is 18.5. The molecule has 0 saturated heterocycles. The van der Waals surface area contributed by atoms with E-state index in [1.165, 1.54) is 14.7 Å². The van der Waals surface area contributed by atoms with Crippen molar-refractivity contribution >= 4 is 83.4 Å². The van der Waals surface area contributed by atoms with Gasteiger partial charge in [-0.1, -0.05) is 203 Å². The predicted molar refractivity (Wildman–Crippen MR) is 427 cm³/mol. The molecule has 4 unspecified atom stereocenters. The molecule has 0 aromatic heterocycles. The number of carbonyl (C=O) groups excluding carboxylic acids is 16. The molecule has 8 amide bonds. The molecule has 0 fully saturated rings. The second kappa shape index (κ2) is 59.9. The summed E-state index contributed by atoms with van der Waals surface area (Å²) in [7, 11) is 0. The van der Waals surface area contributed by atoms with Crippen LogP contribution < -0.4 is 21.3 Å². The molecule has 0 radical (unpaired) electrons. The minimum Gasteiger partial charge on any atom is -0.461 e. The number of unbranched alkanes of at least 4 members (excludes halogenated alkanes) is 2. The normalized spacial score (nSPS) is 11.7. The van der Waals surface area contributed by atoms with Gasteiger partial charge in [0.05, 0.1) is 0 Å². The van der Waals surface area contributed by atoms with Crippen LogP contribution in [-0.4, -0.2) is 180 Å². The van der Waals surface area contributed by atoms with Crippen molar-refractivity contribution in [1.82, 2.24) is 40.9 Å². The molecule has 0 aliphatic rings. The van der Waals surface area contributed by atoms with Crippen molar-refractivity contribution in [3.05, 3.63) is 144 Å². The highest BCUT2D eigenvalue weighted by Crippen LogP contribution is 2.23. The summed E-state index contributed by atoms with van der Waals surface area (Å²) in [4.78, 5) is 206. The van der Waals surface area contributed by atoms with Gasteiger partial charge in [-0.15, -0.1) is 0 Å². The van der Waals surface area contributed by atoms with E-state index < -0.39 is 101 Å². The Morgan fingerprint density at radius 2 is 0.478 bits per heavy atom. The maximum atomic E-state index is 15.1. The van der Waals surface area contributed by atoms with Gasteiger partial charge in [-0.2, -0.15) is 19.2 Å². The van der Waals surface area contributed by atoms with E-state index in [9.17, 15) is 52.7 Å². The Morgan fingerprint density at radius 1 is 0.287 bits per heavy atom. The molecule has 0 spiro atoms. The summed E-state index contributed by atoms with van der Waals surface area (Å²) in [5, 5.41) is 11.8. The molecule has 0 saturated carbocycles. The average molecular weight is 1600 g/mol. The first kappa shape index (κ1) is 100. The quantitative estimate of drug-likeness (QED) is 0.0181. The molecule has 4 rings (SSSR count). The number of hydrogen-bond donors (Lipinski definition) is 4. The van der Waals surface area contributed by atoms with Crippen molar-refractivity contribution in [1.29, 1.82) is 0 Å². The van der Waals surface area contributed by atoms with Gasteiger partial charge in [0.1, 0.15) is 50.6 Å². The van der Waals surface area contributed by atoms with Crippen LogP contribution in [0.5, 0.6) is 0 Å². The molecule has 632 valence electrons. The highest BCUT2D eigenvalue weighted by molar-refractivity contribution is 5.91. The summed E-state index contributed by atoms with van der Waals surface area (Å²) in [5.74, 6) is -6.80. The molecule has 4 aromatic carbocycles. The molecular weight excluding hydrogens is 1480 g/mol. The summed E-state index contributed by atoms with van der Waals surface area (Å²) >= 11 is 0. The fourth-order valence-electron chi connectivity index (χ4n) is 12.8. The van der Waals surface area contributed by atoms with Crippen LogP contribution >= 0.6 is 0 Å². The fraction of sp³-hybridized carbons (Fsp3) is 0.563. The third-order valence-electron chi connectivity index (χ3n) is 18.5. The zero-order chi connectivity index (χ0) is 85.3. The van der Waals surface area contributed by atoms with Gasteiger partial charge < -0.3 is 59.8 Å². The standard InChI is InChI=1S/C85H124N8O16.2CO2/c1-11-13-42-70(94)90(78(62(3)4)82(102)86-50-14-12-2)54-30-44-72(96)91(55-31-45-73(97)93(57-33-49-77(101)109-61-69-40-25-18-26-41-69)81(65(9)10)85(105)89-53-29-47-75(99)107-59-67-36-21-16-22-37-67)79(63(5)6)83(103)87-51-27-43-71(95)92(56-32-48-76(100)108-60-68-38-23-17-24-39-68)80(64(7)8)84(104)88-52-28-46-74(98)106-58-66-34-19-15-20-35-66;2*2-1-3/h15-26,34-41,62-65,78-81H,11-14,27-33,42-61H2,1-10H3,(H,86,102)(H,87,103)(H,88,104)(H,89,105);;. The Bertz CT molecular complexity index is 3600. The van der Waals surface area contributed by atoms with Crippen molar-refractivity contribution < 1.29 is 95.7 Å². The average Bonchev–Trinajstić information content (AvgIpc) is 0.864. The molecule has 4 atom stereocenters. The Hall–Kier alpha value is -10.7. The molecule has 4 aromatic rings. The highest BCUT2D eigenvalue weighted by Gasteiger charge is 2.38. The van der Waals surface area contributed by atoms with Crippen molar-refractivity contribution in [3.63, 3.8) is 0 Å². The highest BCUT2D eigenvalue weighted by atomic mass is 16.5. The number of amides is 8. The van der Waals surface area contributed by atoms with E-state index in [1.807, 2.05) is 149 Å². The van der Waals surface area contributed by atoms with Gasteiger partial charge in [0.25, 0.3) is 0 Å². The lowest BCUT2D eigenvalue weighted by Gasteiger charge is -2.36. The van der Waals surface area contributed by atoms with Crippen LogP contribution in [-0.2, 0) is 122 Å². The van der Waals surface area contributed by atoms with E-state index in [0.717, 1.165) is 41.5 Å². The van der Waals surface area contributed by atoms with E-state index in [4.69, 9.17) is 38.1 Å². The number of nitrogens with zero attached hydrogens (tertiary/aromatic N) is 4. The van der Waals surface area contributed by atoms with Crippen molar-refractivity contribution in [2.45, 2.75) is 242 Å². The third kappa shape index (κ3) is 41.8. The lowest BCUT2D eigenvalue weighted by atomic mass is 9.98. The minimum absolute atomic E-state index is 0.0140. The Labute approximate surface area is 678 Å². The predicted octanol–water partition coefficient (Wildman–Crippen LogP) is 10.1. The number of benzene rings is 4. The van der Waals surface area contributed by atoms with Crippen molar-refractivity contribution in [3.8, 4) is 0 Å². The van der Waals surface area contributed by atoms with E-state index in [2.05, 4.69) is 21.3 Å². The number of nitrogens with one attached hydrogen (secondary N) is 4. The van der Waals surface area contributed by atoms with Crippen LogP contribution in [0.2, 0.25) is 0 Å². The molecule has 0 aliphatic carbocycles. The van der Waals surface area contributed by atoms with Crippen molar-refractivity contribution in [2.75, 3.05) is 52.4 Å². The fourth-order valence-corrected chi connectivity index (χ4v) is 12.8. The lowest BCUT2D eigenvalue weighted by Crippen LogP contribution is -2.54. The number of rotatable bonds is 54. The summed E-state index contributed by atoms with van der Waals surface area (Å²) < 4.78 is 22.0. The summed E-state index contributed by atoms with van der Waals surface area (Å²) in [5.41, 5.74) is 3.27. The van der Waals surface area contributed by atoms with Crippen LogP contribution in [0.4, 0.5) is 0 Å². The van der Waals surface area contributed by atoms with Gasteiger partial charge in [-0.05, 0) is 104 Å². The van der Waals surface area contributed by atoms with Crippen LogP contribution in [0.3, 0.4) is 0 Å². The monoisotopic (exact) mass is 1600 g/mol. The van der Waals surface area contributed by atoms with Gasteiger partial charge in [0.2, 0.25) is 47.3 Å². The molecule has 0 aliphatic heterocycles. The smallest absolute Gasteiger partial charge is 0.373 e. The second-order valence-corrected chi connectivity index (χ2v) is 29.2. The van der Waals surface area contributed by atoms with E-state index in [0.29, 0.717) is 13.0 Å². The van der Waals surface area contributed by atoms with Crippen LogP contribution in [0.25, 0.3) is 0 Å². The van der Waals surface area contributed by atoms with Gasteiger partial charge in [-0.25, -0.2) is 0 Å². The Kier molecular flexibility index (Phi) is 52.3. The topological polar surface area (TPSA) is 371 Å². The largest absolute Gasteiger partial charge is 0.461 e. The van der Waals surface area contributed by atoms with Gasteiger partial charge in [0.15, 0.2) is 0 Å². The molecule has 28 nitrogen and oxygen atoms in total. The van der Waals surface area contributed by atoms with E-state index in [-0.39, 0.29) is 199 Å². The number of esters is 4. The van der Waals surface area contributed by atoms with Gasteiger partial charge in [0, 0.05) is 104 Å². The first-order chi connectivity index (χ1) is 55.2. The molecule has 4 N–H and O–H groups in total. The van der Waals surface area contributed by atoms with Crippen molar-refractivity contribution in [2.24, 2.45) is 23.7 Å². The van der Waals surface area contributed by atoms with Crippen LogP contribution in [0, 0.1) is 23.7 Å². The SMILES string of the molecule is CCCCNC(=O)C(C(C)C)N(CCCC(=O)N(CCCC(=O)N(CCCC(=O)OCc1ccccc1)C(C(=O)NCCCC(=O)OCc1ccccc1)C(C)C)C(C(=O)NCCCC(=O)N(CCCC(=O)OCc1ccccc1)C(C(=O)NCCCC(=O)OCc1ccccc1)C(C)C)C(C)C)C(=O)CCCC.O=C=O.O=C=O. The van der Waals surface area contributed by atoms with Crippen LogP contribution in [0.1, 0.15) is 213 Å². The van der Waals surface area contributed by atoms with Crippen LogP contribution in [0.15, 0.2) is 121 Å². The number of ether oxygens (including phenoxy) is 4. The minimum atomic E-state index is -1.13. The summed E-state index contributed by atoms with van der Waals surface area (Å²) in [6.45, 7) is 19.4. The zero-order valence-corrected chi connectivity index (χ0v) is 69.0. The first-order valence-corrected chi connectivity index (χ1v) is 40.2. The molecule has 115 heavy (non-hydrogen) atoms. The Balaban J connectivity index is 0.00000723. The molecule has 28 heteroatoms. The maximum absolute atomic E-state index is 15.1. The number of carbonyl (C=O) groups is 12. The second-order valence-electron chi connectivity index (χ2n) is 29.2. The maximum Gasteiger partial charge on any atom is 0.373 e. The first-order valence-electron chi connectivity index (χ1n) is 40.2. The molecule has 0 heterocycles. The number of hydrogen-bond acceptors (Lipinski definition) is 20. The lowest BCUT2D eigenvalue weighted by molar-refractivity contribution is -0.193. The van der Waals surface area contributed by atoms with E-state index in [1.54, 1.807) is 46.4 Å². The zero-order valence-electron chi connectivity index (χ0n) is 69.0. The van der Waals surface area contributed by atoms with Gasteiger partial charge in [-0.3, -0.25) is 57.5 Å².